The lowest BCUT2D eigenvalue weighted by Crippen LogP contribution is -2.46. The molecule has 0 aliphatic carbocycles. The van der Waals surface area contributed by atoms with Crippen LogP contribution in [0.5, 0.6) is 0 Å². The van der Waals surface area contributed by atoms with Crippen molar-refractivity contribution in [3.05, 3.63) is 11.8 Å². The van der Waals surface area contributed by atoms with Crippen LogP contribution in [0.15, 0.2) is 11.8 Å². The monoisotopic (exact) mass is 214 g/mol. The highest BCUT2D eigenvalue weighted by Crippen LogP contribution is 2.35. The van der Waals surface area contributed by atoms with Gasteiger partial charge in [-0.15, -0.1) is 0 Å². The summed E-state index contributed by atoms with van der Waals surface area (Å²) in [5, 5.41) is 0. The minimum Gasteiger partial charge on any atom is -0.471 e. The maximum Gasteiger partial charge on any atom is 0.188 e. The summed E-state index contributed by atoms with van der Waals surface area (Å²) >= 11 is 0. The lowest BCUT2D eigenvalue weighted by molar-refractivity contribution is -0.218. The first kappa shape index (κ1) is 10.9. The molecular formula is C11H18O4. The molecular weight excluding hydrogens is 196 g/mol. The van der Waals surface area contributed by atoms with Gasteiger partial charge in [-0.25, -0.2) is 0 Å². The normalized spacial score (nSPS) is 27.9. The fourth-order valence-electron chi connectivity index (χ4n) is 1.92. The molecule has 2 saturated heterocycles. The summed E-state index contributed by atoms with van der Waals surface area (Å²) in [6.45, 7) is 4.75. The van der Waals surface area contributed by atoms with E-state index in [-0.39, 0.29) is 5.41 Å². The number of allylic oxidation sites excluding steroid dienone is 1. The van der Waals surface area contributed by atoms with Crippen molar-refractivity contribution in [3.8, 4) is 0 Å². The Kier molecular flexibility index (Phi) is 3.61. The first-order valence-electron chi connectivity index (χ1n) is 5.44. The Morgan fingerprint density at radius 3 is 2.47 bits per heavy atom. The zero-order valence-electron chi connectivity index (χ0n) is 9.16. The van der Waals surface area contributed by atoms with E-state index in [9.17, 15) is 0 Å². The zero-order valence-corrected chi connectivity index (χ0v) is 9.16. The van der Waals surface area contributed by atoms with Crippen molar-refractivity contribution in [3.63, 3.8) is 0 Å². The highest BCUT2D eigenvalue weighted by atomic mass is 16.7. The van der Waals surface area contributed by atoms with E-state index in [0.29, 0.717) is 33.4 Å². The second-order valence-electron chi connectivity index (χ2n) is 4.06. The highest BCUT2D eigenvalue weighted by Gasteiger charge is 2.42. The SMILES string of the molecule is CCCC=C1OCOCC12COCOC2. The molecule has 4 nitrogen and oxygen atoms in total. The molecule has 2 rings (SSSR count). The van der Waals surface area contributed by atoms with Crippen LogP contribution in [-0.4, -0.2) is 33.4 Å². The number of unbranched alkanes of at least 4 members (excludes halogenated alkanes) is 1. The molecule has 2 aliphatic rings. The van der Waals surface area contributed by atoms with Crippen molar-refractivity contribution >= 4 is 0 Å². The highest BCUT2D eigenvalue weighted by molar-refractivity contribution is 5.11. The molecule has 0 atom stereocenters. The van der Waals surface area contributed by atoms with Gasteiger partial charge in [-0.3, -0.25) is 0 Å². The Balaban J connectivity index is 2.10. The summed E-state index contributed by atoms with van der Waals surface area (Å²) in [7, 11) is 0. The van der Waals surface area contributed by atoms with Crippen LogP contribution in [-0.2, 0) is 18.9 Å². The van der Waals surface area contributed by atoms with Gasteiger partial charge >= 0.3 is 0 Å². The molecule has 86 valence electrons. The van der Waals surface area contributed by atoms with E-state index < -0.39 is 0 Å². The van der Waals surface area contributed by atoms with Crippen molar-refractivity contribution in [2.24, 2.45) is 5.41 Å². The van der Waals surface area contributed by atoms with Gasteiger partial charge < -0.3 is 18.9 Å². The second-order valence-corrected chi connectivity index (χ2v) is 4.06. The topological polar surface area (TPSA) is 36.9 Å². The Labute approximate surface area is 90.1 Å². The maximum atomic E-state index is 5.55. The third-order valence-electron chi connectivity index (χ3n) is 2.74. The van der Waals surface area contributed by atoms with E-state index in [1.165, 1.54) is 0 Å². The van der Waals surface area contributed by atoms with Crippen LogP contribution in [0, 0.1) is 5.41 Å². The van der Waals surface area contributed by atoms with Crippen molar-refractivity contribution in [1.29, 1.82) is 0 Å². The summed E-state index contributed by atoms with van der Waals surface area (Å²) < 4.78 is 21.6. The summed E-state index contributed by atoms with van der Waals surface area (Å²) in [5.74, 6) is 0.982. The molecule has 0 amide bonds. The molecule has 0 aromatic carbocycles. The molecule has 1 spiro atoms. The number of ether oxygens (including phenoxy) is 4. The zero-order chi connectivity index (χ0) is 10.6. The molecule has 0 aromatic rings. The van der Waals surface area contributed by atoms with Gasteiger partial charge in [0.15, 0.2) is 6.79 Å². The number of hydrogen-bond donors (Lipinski definition) is 0. The van der Waals surface area contributed by atoms with Gasteiger partial charge in [0, 0.05) is 0 Å². The lowest BCUT2D eigenvalue weighted by atomic mass is 9.86. The quantitative estimate of drug-likeness (QED) is 0.700. The largest absolute Gasteiger partial charge is 0.471 e. The molecule has 4 heteroatoms. The molecule has 2 aliphatic heterocycles. The summed E-state index contributed by atoms with van der Waals surface area (Å²) in [5.41, 5.74) is -0.203. The standard InChI is InChI=1S/C11H18O4/c1-2-3-4-10-11(7-14-9-15-10)5-12-8-13-6-11/h4H,2-3,5-9H2,1H3. The summed E-state index contributed by atoms with van der Waals surface area (Å²) in [6.07, 6.45) is 4.28. The van der Waals surface area contributed by atoms with Crippen LogP contribution < -0.4 is 0 Å². The molecule has 15 heavy (non-hydrogen) atoms. The number of hydrogen-bond acceptors (Lipinski definition) is 4. The Bertz CT molecular complexity index is 222. The molecule has 2 heterocycles. The van der Waals surface area contributed by atoms with Crippen LogP contribution in [0.4, 0.5) is 0 Å². The van der Waals surface area contributed by atoms with Crippen LogP contribution in [0.25, 0.3) is 0 Å². The van der Waals surface area contributed by atoms with Crippen molar-refractivity contribution in [1.82, 2.24) is 0 Å². The van der Waals surface area contributed by atoms with Gasteiger partial charge in [0.1, 0.15) is 12.6 Å². The van der Waals surface area contributed by atoms with Crippen LogP contribution >= 0.6 is 0 Å². The minimum absolute atomic E-state index is 0.203. The smallest absolute Gasteiger partial charge is 0.188 e. The fourth-order valence-corrected chi connectivity index (χ4v) is 1.92. The van der Waals surface area contributed by atoms with E-state index in [2.05, 4.69) is 13.0 Å². The van der Waals surface area contributed by atoms with E-state index in [0.717, 1.165) is 18.6 Å². The van der Waals surface area contributed by atoms with E-state index in [1.54, 1.807) is 0 Å². The van der Waals surface area contributed by atoms with E-state index >= 15 is 0 Å². The lowest BCUT2D eigenvalue weighted by Gasteiger charge is -2.40. The molecule has 0 aromatic heterocycles. The average Bonchev–Trinajstić information content (AvgIpc) is 2.29. The van der Waals surface area contributed by atoms with Crippen LogP contribution in [0.2, 0.25) is 0 Å². The molecule has 2 fully saturated rings. The number of rotatable bonds is 2. The predicted molar refractivity (Wildman–Crippen MR) is 54.1 cm³/mol. The summed E-state index contributed by atoms with van der Waals surface area (Å²) in [4.78, 5) is 0. The third-order valence-corrected chi connectivity index (χ3v) is 2.74. The second kappa shape index (κ2) is 4.96. The van der Waals surface area contributed by atoms with Crippen molar-refractivity contribution < 1.29 is 18.9 Å². The first-order valence-corrected chi connectivity index (χ1v) is 5.44. The summed E-state index contributed by atoms with van der Waals surface area (Å²) in [6, 6.07) is 0. The molecule has 0 radical (unpaired) electrons. The van der Waals surface area contributed by atoms with Gasteiger partial charge in [-0.2, -0.15) is 0 Å². The third kappa shape index (κ3) is 2.33. The van der Waals surface area contributed by atoms with E-state index in [4.69, 9.17) is 18.9 Å². The predicted octanol–water partition coefficient (Wildman–Crippen LogP) is 1.67. The van der Waals surface area contributed by atoms with Gasteiger partial charge in [0.25, 0.3) is 0 Å². The Hall–Kier alpha value is -0.580. The van der Waals surface area contributed by atoms with E-state index in [1.807, 2.05) is 0 Å². The Morgan fingerprint density at radius 2 is 1.80 bits per heavy atom. The van der Waals surface area contributed by atoms with Gasteiger partial charge in [-0.05, 0) is 12.5 Å². The molecule has 0 saturated carbocycles. The maximum absolute atomic E-state index is 5.55. The minimum atomic E-state index is -0.203. The average molecular weight is 214 g/mol. The molecule has 0 bridgehead atoms. The molecule has 0 unspecified atom stereocenters. The van der Waals surface area contributed by atoms with Gasteiger partial charge in [-0.1, -0.05) is 13.3 Å². The van der Waals surface area contributed by atoms with Crippen molar-refractivity contribution in [2.45, 2.75) is 19.8 Å². The van der Waals surface area contributed by atoms with Crippen LogP contribution in [0.1, 0.15) is 19.8 Å². The van der Waals surface area contributed by atoms with Crippen molar-refractivity contribution in [2.75, 3.05) is 33.4 Å². The Morgan fingerprint density at radius 1 is 1.13 bits per heavy atom. The molecule has 0 N–H and O–H groups in total. The van der Waals surface area contributed by atoms with Gasteiger partial charge in [0.05, 0.1) is 25.2 Å². The first-order chi connectivity index (χ1) is 7.37. The van der Waals surface area contributed by atoms with Crippen LogP contribution in [0.3, 0.4) is 0 Å². The van der Waals surface area contributed by atoms with Gasteiger partial charge in [0.2, 0.25) is 0 Å². The fraction of sp³-hybridized carbons (Fsp3) is 0.818.